The maximum absolute atomic E-state index is 12.0. The SMILES string of the molecule is C[C@H](O)C(=O)N[C@H](CCCCN[C@H](C)C(=O)O)C(=O)O[C@@H](C)C(=O)O. The summed E-state index contributed by atoms with van der Waals surface area (Å²) in [5.74, 6) is -3.98. The Morgan fingerprint density at radius 2 is 1.60 bits per heavy atom. The number of aliphatic hydroxyl groups is 1. The molecule has 0 aromatic carbocycles. The number of carboxylic acids is 2. The fourth-order valence-electron chi connectivity index (χ4n) is 1.73. The van der Waals surface area contributed by atoms with Crippen molar-refractivity contribution < 1.29 is 39.2 Å². The van der Waals surface area contributed by atoms with E-state index in [2.05, 4.69) is 10.6 Å². The number of esters is 1. The fourth-order valence-corrected chi connectivity index (χ4v) is 1.73. The van der Waals surface area contributed by atoms with E-state index in [4.69, 9.17) is 14.9 Å². The first-order valence-electron chi connectivity index (χ1n) is 7.94. The van der Waals surface area contributed by atoms with Gasteiger partial charge in [-0.25, -0.2) is 9.59 Å². The molecule has 0 saturated carbocycles. The van der Waals surface area contributed by atoms with Gasteiger partial charge >= 0.3 is 17.9 Å². The lowest BCUT2D eigenvalue weighted by Gasteiger charge is -2.20. The summed E-state index contributed by atoms with van der Waals surface area (Å²) in [6.07, 6.45) is -1.56. The van der Waals surface area contributed by atoms with Crippen LogP contribution in [0.4, 0.5) is 0 Å². The van der Waals surface area contributed by atoms with Crippen LogP contribution in [0.2, 0.25) is 0 Å². The average Bonchev–Trinajstić information content (AvgIpc) is 2.52. The lowest BCUT2D eigenvalue weighted by Crippen LogP contribution is -2.46. The normalized spacial score (nSPS) is 15.5. The molecule has 5 N–H and O–H groups in total. The van der Waals surface area contributed by atoms with Gasteiger partial charge in [0.1, 0.15) is 18.2 Å². The number of unbranched alkanes of at least 4 members (excludes halogenated alkanes) is 1. The first kappa shape index (κ1) is 22.8. The zero-order valence-electron chi connectivity index (χ0n) is 14.5. The van der Waals surface area contributed by atoms with Gasteiger partial charge in [0.2, 0.25) is 5.91 Å². The topological polar surface area (TPSA) is 162 Å². The van der Waals surface area contributed by atoms with Crippen molar-refractivity contribution in [2.75, 3.05) is 6.54 Å². The highest BCUT2D eigenvalue weighted by Gasteiger charge is 2.27. The Morgan fingerprint density at radius 1 is 1.00 bits per heavy atom. The summed E-state index contributed by atoms with van der Waals surface area (Å²) in [5.41, 5.74) is 0. The molecule has 25 heavy (non-hydrogen) atoms. The van der Waals surface area contributed by atoms with E-state index in [1.54, 1.807) is 0 Å². The number of nitrogens with one attached hydrogen (secondary N) is 2. The molecule has 0 aliphatic rings. The van der Waals surface area contributed by atoms with Crippen molar-refractivity contribution in [3.8, 4) is 0 Å². The Labute approximate surface area is 145 Å². The third-order valence-corrected chi connectivity index (χ3v) is 3.36. The third kappa shape index (κ3) is 9.62. The van der Waals surface area contributed by atoms with Crippen LogP contribution in [0.5, 0.6) is 0 Å². The van der Waals surface area contributed by atoms with Crippen LogP contribution >= 0.6 is 0 Å². The molecule has 10 heteroatoms. The minimum absolute atomic E-state index is 0.159. The molecular formula is C15H26N2O8. The Bertz CT molecular complexity index is 480. The predicted molar refractivity (Wildman–Crippen MR) is 85.8 cm³/mol. The molecule has 0 aromatic heterocycles. The van der Waals surface area contributed by atoms with Crippen LogP contribution in [-0.4, -0.2) is 70.0 Å². The molecule has 10 nitrogen and oxygen atoms in total. The first-order valence-corrected chi connectivity index (χ1v) is 7.94. The van der Waals surface area contributed by atoms with Crippen molar-refractivity contribution in [2.24, 2.45) is 0 Å². The van der Waals surface area contributed by atoms with Gasteiger partial charge < -0.3 is 30.7 Å². The number of carbonyl (C=O) groups excluding carboxylic acids is 2. The van der Waals surface area contributed by atoms with Crippen LogP contribution < -0.4 is 10.6 Å². The Kier molecular flexibility index (Phi) is 10.4. The van der Waals surface area contributed by atoms with Gasteiger partial charge in [0.05, 0.1) is 0 Å². The second-order valence-corrected chi connectivity index (χ2v) is 5.66. The number of carboxylic acid groups (broad SMARTS) is 2. The lowest BCUT2D eigenvalue weighted by atomic mass is 10.1. The molecule has 0 heterocycles. The second kappa shape index (κ2) is 11.4. The van der Waals surface area contributed by atoms with Crippen molar-refractivity contribution in [3.63, 3.8) is 0 Å². The largest absolute Gasteiger partial charge is 0.480 e. The number of carbonyl (C=O) groups is 4. The summed E-state index contributed by atoms with van der Waals surface area (Å²) >= 11 is 0. The van der Waals surface area contributed by atoms with E-state index >= 15 is 0 Å². The number of rotatable bonds is 12. The lowest BCUT2D eigenvalue weighted by molar-refractivity contribution is -0.164. The average molecular weight is 362 g/mol. The summed E-state index contributed by atoms with van der Waals surface area (Å²) in [5, 5.41) is 31.8. The van der Waals surface area contributed by atoms with Crippen LogP contribution in [0.1, 0.15) is 40.0 Å². The standard InChI is InChI=1S/C15H26N2O8/c1-8(13(20)21)16-7-5-4-6-11(17-12(19)9(2)18)15(24)25-10(3)14(22)23/h8-11,16,18H,4-7H2,1-3H3,(H,17,19)(H,20,21)(H,22,23)/t8-,9+,10+,11-/m1/s1. The minimum atomic E-state index is -1.36. The van der Waals surface area contributed by atoms with E-state index in [1.165, 1.54) is 20.8 Å². The van der Waals surface area contributed by atoms with Crippen molar-refractivity contribution >= 4 is 23.8 Å². The molecule has 0 bridgehead atoms. The highest BCUT2D eigenvalue weighted by Crippen LogP contribution is 2.06. The van der Waals surface area contributed by atoms with Gasteiger partial charge in [0, 0.05) is 0 Å². The maximum Gasteiger partial charge on any atom is 0.344 e. The minimum Gasteiger partial charge on any atom is -0.480 e. The molecule has 1 amide bonds. The van der Waals surface area contributed by atoms with E-state index in [-0.39, 0.29) is 6.42 Å². The number of ether oxygens (including phenoxy) is 1. The highest BCUT2D eigenvalue weighted by molar-refractivity contribution is 5.87. The molecule has 0 rings (SSSR count). The van der Waals surface area contributed by atoms with Crippen LogP contribution in [-0.2, 0) is 23.9 Å². The Hall–Kier alpha value is -2.20. The van der Waals surface area contributed by atoms with Crippen LogP contribution in [0.25, 0.3) is 0 Å². The van der Waals surface area contributed by atoms with E-state index in [0.29, 0.717) is 19.4 Å². The quantitative estimate of drug-likeness (QED) is 0.219. The second-order valence-electron chi connectivity index (χ2n) is 5.66. The third-order valence-electron chi connectivity index (χ3n) is 3.36. The van der Waals surface area contributed by atoms with E-state index in [9.17, 15) is 24.3 Å². The van der Waals surface area contributed by atoms with Crippen molar-refractivity contribution in [3.05, 3.63) is 0 Å². The molecule has 0 fully saturated rings. The van der Waals surface area contributed by atoms with E-state index < -0.39 is 48.1 Å². The summed E-state index contributed by atoms with van der Waals surface area (Å²) in [4.78, 5) is 45.0. The monoisotopic (exact) mass is 362 g/mol. The molecule has 0 aliphatic carbocycles. The van der Waals surface area contributed by atoms with Gasteiger partial charge in [-0.2, -0.15) is 0 Å². The maximum atomic E-state index is 12.0. The molecule has 0 radical (unpaired) electrons. The summed E-state index contributed by atoms with van der Waals surface area (Å²) < 4.78 is 4.75. The van der Waals surface area contributed by atoms with Crippen molar-refractivity contribution in [2.45, 2.75) is 64.3 Å². The summed E-state index contributed by atoms with van der Waals surface area (Å²) in [7, 11) is 0. The number of amides is 1. The number of hydrogen-bond acceptors (Lipinski definition) is 7. The van der Waals surface area contributed by atoms with Crippen molar-refractivity contribution in [1.82, 2.24) is 10.6 Å². The van der Waals surface area contributed by atoms with Crippen LogP contribution in [0, 0.1) is 0 Å². The zero-order chi connectivity index (χ0) is 19.6. The van der Waals surface area contributed by atoms with Crippen LogP contribution in [0.3, 0.4) is 0 Å². The van der Waals surface area contributed by atoms with Crippen molar-refractivity contribution in [1.29, 1.82) is 0 Å². The van der Waals surface area contributed by atoms with Gasteiger partial charge in [-0.1, -0.05) is 0 Å². The molecule has 0 aliphatic heterocycles. The molecule has 144 valence electrons. The van der Waals surface area contributed by atoms with E-state index in [1.807, 2.05) is 0 Å². The van der Waals surface area contributed by atoms with Gasteiger partial charge in [0.25, 0.3) is 0 Å². The number of hydrogen-bond donors (Lipinski definition) is 5. The van der Waals surface area contributed by atoms with Gasteiger partial charge in [0.15, 0.2) is 6.10 Å². The highest BCUT2D eigenvalue weighted by atomic mass is 16.6. The Morgan fingerprint density at radius 3 is 2.08 bits per heavy atom. The molecule has 0 unspecified atom stereocenters. The molecule has 0 aromatic rings. The molecule has 0 saturated heterocycles. The molecule has 4 atom stereocenters. The van der Waals surface area contributed by atoms with E-state index in [0.717, 1.165) is 0 Å². The predicted octanol–water partition coefficient (Wildman–Crippen LogP) is -0.899. The fraction of sp³-hybridized carbons (Fsp3) is 0.733. The van der Waals surface area contributed by atoms with Crippen LogP contribution in [0.15, 0.2) is 0 Å². The number of aliphatic hydroxyl groups excluding tert-OH is 1. The van der Waals surface area contributed by atoms with Gasteiger partial charge in [-0.05, 0) is 46.6 Å². The molecular weight excluding hydrogens is 336 g/mol. The molecule has 0 spiro atoms. The van der Waals surface area contributed by atoms with Gasteiger partial charge in [-0.3, -0.25) is 9.59 Å². The first-order chi connectivity index (χ1) is 11.6. The van der Waals surface area contributed by atoms with Gasteiger partial charge in [-0.15, -0.1) is 0 Å². The summed E-state index contributed by atoms with van der Waals surface area (Å²) in [6.45, 7) is 4.31. The number of aliphatic carboxylic acids is 2. The smallest absolute Gasteiger partial charge is 0.344 e. The Balaban J connectivity index is 4.53. The zero-order valence-corrected chi connectivity index (χ0v) is 14.5. The summed E-state index contributed by atoms with van der Waals surface area (Å²) in [6, 6.07) is -1.80.